The summed E-state index contributed by atoms with van der Waals surface area (Å²) in [5, 5.41) is 0. The van der Waals surface area contributed by atoms with E-state index in [-0.39, 0.29) is 64.7 Å². The number of hydrogen-bond donors (Lipinski definition) is 0. The van der Waals surface area contributed by atoms with Crippen LogP contribution in [0.25, 0.3) is 22.9 Å². The number of pyridine rings is 1. The SMILES string of the molecule is COc1ncnc(C2CC2)c1-c1nc(OCc2cnc(-c3nc(C(F)(F)F)cn3C3CC3)c(F)c2)cc(C(C)=O)n1. The van der Waals surface area contributed by atoms with Gasteiger partial charge in [-0.25, -0.2) is 29.3 Å². The summed E-state index contributed by atoms with van der Waals surface area (Å²) >= 11 is 0. The van der Waals surface area contributed by atoms with Crippen LogP contribution in [0.4, 0.5) is 17.6 Å². The molecule has 14 heteroatoms. The summed E-state index contributed by atoms with van der Waals surface area (Å²) in [4.78, 5) is 37.3. The zero-order valence-electron chi connectivity index (χ0n) is 21.9. The van der Waals surface area contributed by atoms with Crippen molar-refractivity contribution in [3.63, 3.8) is 0 Å². The van der Waals surface area contributed by atoms with Gasteiger partial charge in [-0.1, -0.05) is 0 Å². The molecule has 0 aromatic carbocycles. The molecule has 6 rings (SSSR count). The van der Waals surface area contributed by atoms with Crippen LogP contribution in [0.3, 0.4) is 0 Å². The van der Waals surface area contributed by atoms with Gasteiger partial charge in [0.2, 0.25) is 11.8 Å². The zero-order valence-corrected chi connectivity index (χ0v) is 21.9. The number of nitrogens with zero attached hydrogens (tertiary/aromatic N) is 7. The van der Waals surface area contributed by atoms with E-state index in [1.54, 1.807) is 0 Å². The summed E-state index contributed by atoms with van der Waals surface area (Å²) in [7, 11) is 1.46. The van der Waals surface area contributed by atoms with Crippen molar-refractivity contribution in [2.24, 2.45) is 0 Å². The first kappa shape index (κ1) is 26.7. The van der Waals surface area contributed by atoms with Gasteiger partial charge in [0.05, 0.1) is 12.8 Å². The highest BCUT2D eigenvalue weighted by atomic mass is 19.4. The van der Waals surface area contributed by atoms with E-state index in [0.717, 1.165) is 25.1 Å². The fraction of sp³-hybridized carbons (Fsp3) is 0.370. The molecule has 0 atom stereocenters. The Labute approximate surface area is 230 Å². The van der Waals surface area contributed by atoms with Gasteiger partial charge in [-0.3, -0.25) is 4.79 Å². The molecular formula is C27H23F4N7O3. The predicted octanol–water partition coefficient (Wildman–Crippen LogP) is 5.35. The smallest absolute Gasteiger partial charge is 0.434 e. The van der Waals surface area contributed by atoms with Crippen molar-refractivity contribution in [2.75, 3.05) is 7.11 Å². The second-order valence-electron chi connectivity index (χ2n) is 9.94. The average Bonchev–Trinajstić information content (AvgIpc) is 3.89. The standard InChI is InChI=1S/C27H23F4N7O3/c1-13(39)18-8-20(37-24(35-18)21-22(15-3-4-15)33-12-34-26(21)40-2)41-11-14-7-17(28)23(32-9-14)25-36-19(27(29,30)31)10-38(25)16-5-6-16/h7-10,12,15-16H,3-6,11H2,1-2H3. The largest absolute Gasteiger partial charge is 0.480 e. The fourth-order valence-electron chi connectivity index (χ4n) is 4.42. The second-order valence-corrected chi connectivity index (χ2v) is 9.94. The molecule has 2 saturated carbocycles. The van der Waals surface area contributed by atoms with E-state index >= 15 is 4.39 Å². The van der Waals surface area contributed by atoms with Crippen LogP contribution in [0.5, 0.6) is 11.8 Å². The summed E-state index contributed by atoms with van der Waals surface area (Å²) in [6, 6.07) is 2.31. The molecule has 2 aliphatic rings. The molecule has 212 valence electrons. The van der Waals surface area contributed by atoms with Gasteiger partial charge in [0.15, 0.2) is 28.9 Å². The van der Waals surface area contributed by atoms with E-state index in [1.807, 2.05) is 0 Å². The van der Waals surface area contributed by atoms with Crippen LogP contribution in [-0.4, -0.2) is 47.4 Å². The van der Waals surface area contributed by atoms with Crippen LogP contribution in [0.15, 0.2) is 30.9 Å². The minimum Gasteiger partial charge on any atom is -0.480 e. The Morgan fingerprint density at radius 1 is 1.07 bits per heavy atom. The maximum atomic E-state index is 15.1. The van der Waals surface area contributed by atoms with Gasteiger partial charge < -0.3 is 14.0 Å². The van der Waals surface area contributed by atoms with Gasteiger partial charge in [-0.05, 0) is 31.7 Å². The number of rotatable bonds is 9. The number of ether oxygens (including phenoxy) is 2. The van der Waals surface area contributed by atoms with Gasteiger partial charge in [0.1, 0.15) is 29.9 Å². The molecule has 4 aromatic heterocycles. The number of halogens is 4. The molecular weight excluding hydrogens is 546 g/mol. The third-order valence-corrected chi connectivity index (χ3v) is 6.75. The van der Waals surface area contributed by atoms with Crippen molar-refractivity contribution in [3.05, 3.63) is 59.3 Å². The molecule has 2 fully saturated rings. The lowest BCUT2D eigenvalue weighted by molar-refractivity contribution is -0.140. The Bertz CT molecular complexity index is 1650. The average molecular weight is 570 g/mol. The molecule has 41 heavy (non-hydrogen) atoms. The third kappa shape index (κ3) is 5.45. The number of carbonyl (C=O) groups is 1. The van der Waals surface area contributed by atoms with Crippen molar-refractivity contribution in [1.82, 2.24) is 34.5 Å². The molecule has 0 unspecified atom stereocenters. The predicted molar refractivity (Wildman–Crippen MR) is 135 cm³/mol. The molecule has 0 aliphatic heterocycles. The van der Waals surface area contributed by atoms with E-state index in [1.165, 1.54) is 37.2 Å². The van der Waals surface area contributed by atoms with Crippen LogP contribution in [0.2, 0.25) is 0 Å². The molecule has 4 heterocycles. The molecule has 4 aromatic rings. The minimum absolute atomic E-state index is 0.0384. The quantitative estimate of drug-likeness (QED) is 0.194. The lowest BCUT2D eigenvalue weighted by atomic mass is 10.1. The molecule has 0 saturated heterocycles. The summed E-state index contributed by atoms with van der Waals surface area (Å²) in [5.41, 5.74) is 0.165. The molecule has 10 nitrogen and oxygen atoms in total. The van der Waals surface area contributed by atoms with Crippen LogP contribution in [0, 0.1) is 5.82 Å². The summed E-state index contributed by atoms with van der Waals surface area (Å²) in [6.45, 7) is 1.16. The highest BCUT2D eigenvalue weighted by Crippen LogP contribution is 2.45. The number of aromatic nitrogens is 7. The first-order valence-corrected chi connectivity index (χ1v) is 12.8. The van der Waals surface area contributed by atoms with Gasteiger partial charge >= 0.3 is 6.18 Å². The lowest BCUT2D eigenvalue weighted by Crippen LogP contribution is -2.08. The number of ketones is 1. The topological polar surface area (TPSA) is 118 Å². The molecule has 0 amide bonds. The summed E-state index contributed by atoms with van der Waals surface area (Å²) in [5.74, 6) is -0.707. The van der Waals surface area contributed by atoms with Gasteiger partial charge in [0.25, 0.3) is 0 Å². The van der Waals surface area contributed by atoms with E-state index in [4.69, 9.17) is 9.47 Å². The summed E-state index contributed by atoms with van der Waals surface area (Å²) in [6.07, 6.45) is 2.17. The fourth-order valence-corrected chi connectivity index (χ4v) is 4.42. The van der Waals surface area contributed by atoms with Gasteiger partial charge in [-0.15, -0.1) is 0 Å². The van der Waals surface area contributed by atoms with Crippen LogP contribution < -0.4 is 9.47 Å². The Hall–Kier alpha value is -4.49. The Morgan fingerprint density at radius 2 is 1.85 bits per heavy atom. The first-order valence-electron chi connectivity index (χ1n) is 12.8. The van der Waals surface area contributed by atoms with Crippen molar-refractivity contribution in [2.45, 2.75) is 57.3 Å². The normalized spacial score (nSPS) is 15.2. The molecule has 0 N–H and O–H groups in total. The third-order valence-electron chi connectivity index (χ3n) is 6.75. The van der Waals surface area contributed by atoms with Crippen LogP contribution >= 0.6 is 0 Å². The molecule has 0 bridgehead atoms. The lowest BCUT2D eigenvalue weighted by Gasteiger charge is -2.13. The van der Waals surface area contributed by atoms with Crippen molar-refractivity contribution >= 4 is 5.78 Å². The molecule has 0 radical (unpaired) electrons. The number of Topliss-reactive ketones (excluding diaryl/α,β-unsaturated/α-hetero) is 1. The van der Waals surface area contributed by atoms with Crippen LogP contribution in [-0.2, 0) is 12.8 Å². The van der Waals surface area contributed by atoms with E-state index in [0.29, 0.717) is 24.1 Å². The van der Waals surface area contributed by atoms with E-state index in [2.05, 4.69) is 29.9 Å². The monoisotopic (exact) mass is 569 g/mol. The van der Waals surface area contributed by atoms with E-state index < -0.39 is 17.7 Å². The second kappa shape index (κ2) is 10.2. The maximum absolute atomic E-state index is 15.1. The Kier molecular flexibility index (Phi) is 6.62. The first-order chi connectivity index (χ1) is 19.6. The zero-order chi connectivity index (χ0) is 28.9. The summed E-state index contributed by atoms with van der Waals surface area (Å²) < 4.78 is 67.5. The van der Waals surface area contributed by atoms with E-state index in [9.17, 15) is 18.0 Å². The molecule has 0 spiro atoms. The van der Waals surface area contributed by atoms with Crippen molar-refractivity contribution in [1.29, 1.82) is 0 Å². The number of imidazole rings is 1. The highest BCUT2D eigenvalue weighted by molar-refractivity contribution is 5.93. The highest BCUT2D eigenvalue weighted by Gasteiger charge is 2.38. The Balaban J connectivity index is 1.29. The number of hydrogen-bond acceptors (Lipinski definition) is 9. The Morgan fingerprint density at radius 3 is 2.49 bits per heavy atom. The number of alkyl halides is 3. The van der Waals surface area contributed by atoms with Crippen molar-refractivity contribution < 1.29 is 31.8 Å². The minimum atomic E-state index is -4.66. The maximum Gasteiger partial charge on any atom is 0.434 e. The number of carbonyl (C=O) groups excluding carboxylic acids is 1. The molecule has 2 aliphatic carbocycles. The van der Waals surface area contributed by atoms with Crippen molar-refractivity contribution in [3.8, 4) is 34.7 Å². The number of methoxy groups -OCH3 is 1. The van der Waals surface area contributed by atoms with Crippen LogP contribution in [0.1, 0.15) is 72.0 Å². The van der Waals surface area contributed by atoms with Gasteiger partial charge in [-0.2, -0.15) is 18.2 Å². The van der Waals surface area contributed by atoms with Gasteiger partial charge in [0, 0.05) is 42.9 Å².